The molecular weight excluding hydrogens is 406 g/mol. The Bertz CT molecular complexity index is 851. The zero-order valence-corrected chi connectivity index (χ0v) is 19.4. The highest BCUT2D eigenvalue weighted by atomic mass is 16.5. The molecule has 0 aliphatic carbocycles. The number of ether oxygens (including phenoxy) is 2. The molecule has 7 nitrogen and oxygen atoms in total. The van der Waals surface area contributed by atoms with Crippen LogP contribution in [0.15, 0.2) is 48.5 Å². The maximum absolute atomic E-state index is 12.8. The molecule has 0 aromatic heterocycles. The van der Waals surface area contributed by atoms with Crippen molar-refractivity contribution in [2.24, 2.45) is 0 Å². The van der Waals surface area contributed by atoms with Crippen molar-refractivity contribution in [3.05, 3.63) is 54.1 Å². The summed E-state index contributed by atoms with van der Waals surface area (Å²) in [5.74, 6) is 0.404. The van der Waals surface area contributed by atoms with Crippen molar-refractivity contribution in [3.8, 4) is 5.75 Å². The Morgan fingerprint density at radius 1 is 0.938 bits per heavy atom. The summed E-state index contributed by atoms with van der Waals surface area (Å²) in [5.41, 5.74) is 1.94. The van der Waals surface area contributed by atoms with Crippen molar-refractivity contribution in [1.82, 2.24) is 4.90 Å². The minimum Gasteiger partial charge on any atom is -0.489 e. The average molecular weight is 442 g/mol. The van der Waals surface area contributed by atoms with Crippen molar-refractivity contribution >= 4 is 23.2 Å². The molecule has 0 bridgehead atoms. The van der Waals surface area contributed by atoms with Crippen LogP contribution in [0.5, 0.6) is 5.75 Å². The van der Waals surface area contributed by atoms with Gasteiger partial charge in [0.1, 0.15) is 12.4 Å². The van der Waals surface area contributed by atoms with Gasteiger partial charge in [0.15, 0.2) is 0 Å². The number of nitrogens with zero attached hydrogens (tertiary/aromatic N) is 1. The number of amides is 2. The lowest BCUT2D eigenvalue weighted by Gasteiger charge is -2.21. The molecule has 2 N–H and O–H groups in total. The van der Waals surface area contributed by atoms with Gasteiger partial charge in [0.2, 0.25) is 5.91 Å². The van der Waals surface area contributed by atoms with Crippen molar-refractivity contribution in [2.75, 3.05) is 50.1 Å². The molecule has 2 amide bonds. The Labute approximate surface area is 191 Å². The molecule has 0 saturated heterocycles. The molecule has 0 unspecified atom stereocenters. The Balaban J connectivity index is 1.94. The first-order valence-electron chi connectivity index (χ1n) is 11.3. The van der Waals surface area contributed by atoms with E-state index in [1.165, 1.54) is 0 Å². The van der Waals surface area contributed by atoms with Gasteiger partial charge >= 0.3 is 0 Å². The highest BCUT2D eigenvalue weighted by Crippen LogP contribution is 2.23. The van der Waals surface area contributed by atoms with Crippen LogP contribution in [0.4, 0.5) is 11.4 Å². The first-order valence-corrected chi connectivity index (χ1v) is 11.3. The lowest BCUT2D eigenvalue weighted by atomic mass is 10.1. The zero-order valence-electron chi connectivity index (χ0n) is 19.4. The van der Waals surface area contributed by atoms with Crippen molar-refractivity contribution < 1.29 is 19.1 Å². The van der Waals surface area contributed by atoms with Gasteiger partial charge in [0.05, 0.1) is 18.8 Å². The van der Waals surface area contributed by atoms with E-state index in [1.54, 1.807) is 12.1 Å². The second kappa shape index (κ2) is 14.1. The Hall–Kier alpha value is -3.06. The number of rotatable bonds is 14. The number of hydrogen-bond donors (Lipinski definition) is 2. The van der Waals surface area contributed by atoms with Crippen LogP contribution in [0.2, 0.25) is 0 Å². The van der Waals surface area contributed by atoms with E-state index in [1.807, 2.05) is 48.2 Å². The minimum atomic E-state index is -0.207. The predicted molar refractivity (Wildman–Crippen MR) is 128 cm³/mol. The highest BCUT2D eigenvalue weighted by Gasteiger charge is 2.15. The summed E-state index contributed by atoms with van der Waals surface area (Å²) in [5, 5.41) is 5.97. The monoisotopic (exact) mass is 441 g/mol. The number of anilines is 2. The van der Waals surface area contributed by atoms with E-state index in [0.29, 0.717) is 36.8 Å². The largest absolute Gasteiger partial charge is 0.489 e. The summed E-state index contributed by atoms with van der Waals surface area (Å²) in [4.78, 5) is 27.2. The van der Waals surface area contributed by atoms with Gasteiger partial charge in [-0.1, -0.05) is 32.0 Å². The summed E-state index contributed by atoms with van der Waals surface area (Å²) >= 11 is 0. The minimum absolute atomic E-state index is 0.0138. The molecule has 0 atom stereocenters. The number of carbonyl (C=O) groups excluding carboxylic acids is 2. The molecule has 174 valence electrons. The molecule has 0 aliphatic rings. The molecule has 0 saturated carbocycles. The fourth-order valence-corrected chi connectivity index (χ4v) is 3.23. The third-order valence-corrected chi connectivity index (χ3v) is 4.69. The normalized spacial score (nSPS) is 10.5. The molecule has 0 heterocycles. The number of nitrogens with one attached hydrogen (secondary N) is 2. The van der Waals surface area contributed by atoms with Gasteiger partial charge in [0.25, 0.3) is 5.91 Å². The van der Waals surface area contributed by atoms with E-state index in [4.69, 9.17) is 9.47 Å². The number of carbonyl (C=O) groups is 2. The topological polar surface area (TPSA) is 79.9 Å². The van der Waals surface area contributed by atoms with E-state index in [0.717, 1.165) is 31.6 Å². The van der Waals surface area contributed by atoms with Crippen LogP contribution < -0.4 is 15.4 Å². The van der Waals surface area contributed by atoms with E-state index in [2.05, 4.69) is 24.5 Å². The number of para-hydroxylation sites is 2. The van der Waals surface area contributed by atoms with Gasteiger partial charge in [-0.3, -0.25) is 9.59 Å². The molecule has 2 aromatic rings. The van der Waals surface area contributed by atoms with Crippen LogP contribution in [0, 0.1) is 0 Å². The average Bonchev–Trinajstić information content (AvgIpc) is 2.81. The maximum Gasteiger partial charge on any atom is 0.253 e. The van der Waals surface area contributed by atoms with Gasteiger partial charge in [-0.05, 0) is 50.1 Å². The van der Waals surface area contributed by atoms with Crippen molar-refractivity contribution in [1.29, 1.82) is 0 Å². The lowest BCUT2D eigenvalue weighted by molar-refractivity contribution is -0.114. The standard InChI is InChI=1S/C25H35N3O4/c1-4-14-28(15-5-2)25(30)20-10-9-11-21(18-20)26-19-24(29)27-22-12-7-8-13-23(22)32-17-16-31-6-3/h7-13,18,26H,4-6,14-17,19H2,1-3H3,(H,27,29). The molecule has 0 radical (unpaired) electrons. The molecule has 2 rings (SSSR count). The third kappa shape index (κ3) is 8.23. The van der Waals surface area contributed by atoms with Gasteiger partial charge in [0, 0.05) is 30.9 Å². The first kappa shape index (κ1) is 25.2. The van der Waals surface area contributed by atoms with Crippen LogP contribution in [0.1, 0.15) is 44.0 Å². The summed E-state index contributed by atoms with van der Waals surface area (Å²) in [7, 11) is 0. The van der Waals surface area contributed by atoms with Crippen molar-refractivity contribution in [2.45, 2.75) is 33.6 Å². The fourth-order valence-electron chi connectivity index (χ4n) is 3.23. The predicted octanol–water partition coefficient (Wildman–Crippen LogP) is 4.41. The van der Waals surface area contributed by atoms with Crippen molar-refractivity contribution in [3.63, 3.8) is 0 Å². The molecule has 2 aromatic carbocycles. The first-order chi connectivity index (χ1) is 15.6. The molecule has 32 heavy (non-hydrogen) atoms. The number of hydrogen-bond acceptors (Lipinski definition) is 5. The summed E-state index contributed by atoms with van der Waals surface area (Å²) in [6.45, 7) is 9.13. The van der Waals surface area contributed by atoms with Gasteiger partial charge in [-0.2, -0.15) is 0 Å². The molecule has 0 aliphatic heterocycles. The van der Waals surface area contributed by atoms with Gasteiger partial charge in [-0.25, -0.2) is 0 Å². The maximum atomic E-state index is 12.8. The van der Waals surface area contributed by atoms with Crippen LogP contribution in [-0.4, -0.2) is 56.2 Å². The second-order valence-electron chi connectivity index (χ2n) is 7.32. The Morgan fingerprint density at radius 2 is 1.69 bits per heavy atom. The highest BCUT2D eigenvalue weighted by molar-refractivity contribution is 5.96. The van der Waals surface area contributed by atoms with Crippen LogP contribution in [-0.2, 0) is 9.53 Å². The zero-order chi connectivity index (χ0) is 23.2. The van der Waals surface area contributed by atoms with Gasteiger partial charge < -0.3 is 25.0 Å². The summed E-state index contributed by atoms with van der Waals surface area (Å²) in [6, 6.07) is 14.6. The molecule has 7 heteroatoms. The van der Waals surface area contributed by atoms with E-state index in [9.17, 15) is 9.59 Å². The quantitative estimate of drug-likeness (QED) is 0.425. The number of benzene rings is 2. The Morgan fingerprint density at radius 3 is 2.41 bits per heavy atom. The molecule has 0 fully saturated rings. The van der Waals surface area contributed by atoms with E-state index in [-0.39, 0.29) is 18.4 Å². The second-order valence-corrected chi connectivity index (χ2v) is 7.32. The fraction of sp³-hybridized carbons (Fsp3) is 0.440. The van der Waals surface area contributed by atoms with Crippen LogP contribution in [0.25, 0.3) is 0 Å². The molecular formula is C25H35N3O4. The third-order valence-electron chi connectivity index (χ3n) is 4.69. The van der Waals surface area contributed by atoms with Crippen LogP contribution >= 0.6 is 0 Å². The van der Waals surface area contributed by atoms with Gasteiger partial charge in [-0.15, -0.1) is 0 Å². The summed E-state index contributed by atoms with van der Waals surface area (Å²) < 4.78 is 11.0. The SMILES string of the molecule is CCCN(CCC)C(=O)c1cccc(NCC(=O)Nc2ccccc2OCCOCC)c1. The van der Waals surface area contributed by atoms with E-state index >= 15 is 0 Å². The smallest absolute Gasteiger partial charge is 0.253 e. The molecule has 0 spiro atoms. The lowest BCUT2D eigenvalue weighted by Crippen LogP contribution is -2.32. The van der Waals surface area contributed by atoms with E-state index < -0.39 is 0 Å². The van der Waals surface area contributed by atoms with Crippen LogP contribution in [0.3, 0.4) is 0 Å². The Kier molecular flexibility index (Phi) is 11.1. The summed E-state index contributed by atoms with van der Waals surface area (Å²) in [6.07, 6.45) is 1.83.